The first kappa shape index (κ1) is 20.4. The summed E-state index contributed by atoms with van der Waals surface area (Å²) in [5, 5.41) is 5.53. The number of rotatable bonds is 5. The Hall–Kier alpha value is -2.55. The van der Waals surface area contributed by atoms with Crippen LogP contribution in [0.4, 0.5) is 5.13 Å². The van der Waals surface area contributed by atoms with Crippen LogP contribution in [0.5, 0.6) is 0 Å². The van der Waals surface area contributed by atoms with Gasteiger partial charge in [-0.15, -0.1) is 22.7 Å². The second kappa shape index (κ2) is 8.90. The molecular weight excluding hydrogens is 428 g/mol. The Labute approximate surface area is 189 Å². The van der Waals surface area contributed by atoms with E-state index in [0.29, 0.717) is 23.0 Å². The van der Waals surface area contributed by atoms with E-state index in [0.717, 1.165) is 38.2 Å². The minimum atomic E-state index is -0.426. The summed E-state index contributed by atoms with van der Waals surface area (Å²) >= 11 is 2.97. The molecule has 4 heterocycles. The quantitative estimate of drug-likeness (QED) is 0.635. The largest absolute Gasteiger partial charge is 0.326 e. The number of hydrogen-bond acceptors (Lipinski definition) is 6. The van der Waals surface area contributed by atoms with E-state index in [1.54, 1.807) is 16.2 Å². The van der Waals surface area contributed by atoms with E-state index < -0.39 is 6.04 Å². The second-order valence-corrected chi connectivity index (χ2v) is 9.99. The molecule has 0 spiro atoms. The minimum Gasteiger partial charge on any atom is -0.326 e. The van der Waals surface area contributed by atoms with E-state index >= 15 is 0 Å². The van der Waals surface area contributed by atoms with Crippen LogP contribution in [0.1, 0.15) is 38.6 Å². The van der Waals surface area contributed by atoms with Crippen molar-refractivity contribution < 1.29 is 9.59 Å². The SMILES string of the molecule is O=C(Nc1nc2c(s1)CN(Cc1ccccc1)CC2)[C@@H]1CCCN1C(=O)c1cccs1. The molecule has 1 aromatic carbocycles. The Morgan fingerprint density at radius 2 is 2.00 bits per heavy atom. The van der Waals surface area contributed by atoms with Gasteiger partial charge < -0.3 is 10.2 Å². The molecule has 0 aliphatic carbocycles. The van der Waals surface area contributed by atoms with Crippen LogP contribution in [-0.2, 0) is 24.3 Å². The van der Waals surface area contributed by atoms with Crippen LogP contribution in [0.25, 0.3) is 0 Å². The molecular formula is C23H24N4O2S2. The number of anilines is 1. The standard InChI is InChI=1S/C23H24N4O2S2/c28-21(18-8-4-11-27(18)22(29)19-9-5-13-30-19)25-23-24-17-10-12-26(15-20(17)31-23)14-16-6-2-1-3-7-16/h1-3,5-7,9,13,18H,4,8,10-12,14-15H2,(H,24,25,28)/t18-/m0/s1. The number of carbonyl (C=O) groups excluding carboxylic acids is 2. The van der Waals surface area contributed by atoms with Crippen molar-refractivity contribution in [3.63, 3.8) is 0 Å². The lowest BCUT2D eigenvalue weighted by Crippen LogP contribution is -2.42. The third-order valence-corrected chi connectivity index (χ3v) is 7.69. The monoisotopic (exact) mass is 452 g/mol. The molecule has 0 saturated carbocycles. The Kier molecular flexibility index (Phi) is 5.85. The maximum atomic E-state index is 13.0. The van der Waals surface area contributed by atoms with Crippen molar-refractivity contribution in [3.8, 4) is 0 Å². The van der Waals surface area contributed by atoms with Gasteiger partial charge >= 0.3 is 0 Å². The van der Waals surface area contributed by atoms with Gasteiger partial charge in [-0.2, -0.15) is 0 Å². The Morgan fingerprint density at radius 1 is 1.13 bits per heavy atom. The van der Waals surface area contributed by atoms with E-state index in [9.17, 15) is 9.59 Å². The fraction of sp³-hybridized carbons (Fsp3) is 0.348. The molecule has 2 aliphatic rings. The van der Waals surface area contributed by atoms with Gasteiger partial charge in [0.05, 0.1) is 10.6 Å². The van der Waals surface area contributed by atoms with Crippen LogP contribution in [-0.4, -0.2) is 45.7 Å². The Morgan fingerprint density at radius 3 is 2.81 bits per heavy atom. The van der Waals surface area contributed by atoms with Crippen LogP contribution < -0.4 is 5.32 Å². The van der Waals surface area contributed by atoms with Gasteiger partial charge in [-0.1, -0.05) is 36.4 Å². The number of nitrogens with one attached hydrogen (secondary N) is 1. The molecule has 1 atom stereocenters. The lowest BCUT2D eigenvalue weighted by molar-refractivity contribution is -0.119. The molecule has 6 nitrogen and oxygen atoms in total. The number of amides is 2. The number of carbonyl (C=O) groups is 2. The predicted octanol–water partition coefficient (Wildman–Crippen LogP) is 4.01. The lowest BCUT2D eigenvalue weighted by Gasteiger charge is -2.25. The molecule has 0 unspecified atom stereocenters. The number of thiazole rings is 1. The predicted molar refractivity (Wildman–Crippen MR) is 123 cm³/mol. The molecule has 160 valence electrons. The first-order valence-electron chi connectivity index (χ1n) is 10.6. The molecule has 2 aromatic heterocycles. The number of nitrogens with zero attached hydrogens (tertiary/aromatic N) is 3. The maximum Gasteiger partial charge on any atom is 0.264 e. The summed E-state index contributed by atoms with van der Waals surface area (Å²) in [7, 11) is 0. The lowest BCUT2D eigenvalue weighted by atomic mass is 10.1. The van der Waals surface area contributed by atoms with Crippen molar-refractivity contribution in [1.82, 2.24) is 14.8 Å². The van der Waals surface area contributed by atoms with E-state index in [1.807, 2.05) is 23.6 Å². The molecule has 5 rings (SSSR count). The number of aromatic nitrogens is 1. The van der Waals surface area contributed by atoms with Gasteiger partial charge in [0.2, 0.25) is 5.91 Å². The molecule has 8 heteroatoms. The highest BCUT2D eigenvalue weighted by molar-refractivity contribution is 7.15. The third kappa shape index (κ3) is 4.42. The van der Waals surface area contributed by atoms with E-state index in [-0.39, 0.29) is 11.8 Å². The molecule has 31 heavy (non-hydrogen) atoms. The Bertz CT molecular complexity index is 1060. The topological polar surface area (TPSA) is 65.5 Å². The van der Waals surface area contributed by atoms with Crippen molar-refractivity contribution in [1.29, 1.82) is 0 Å². The number of likely N-dealkylation sites (tertiary alicyclic amines) is 1. The molecule has 2 amide bonds. The number of hydrogen-bond donors (Lipinski definition) is 1. The van der Waals surface area contributed by atoms with Crippen molar-refractivity contribution in [3.05, 3.63) is 68.9 Å². The van der Waals surface area contributed by atoms with Crippen LogP contribution in [0.2, 0.25) is 0 Å². The zero-order valence-corrected chi connectivity index (χ0v) is 18.8. The van der Waals surface area contributed by atoms with Gasteiger partial charge in [-0.3, -0.25) is 14.5 Å². The maximum absolute atomic E-state index is 13.0. The zero-order valence-electron chi connectivity index (χ0n) is 17.1. The summed E-state index contributed by atoms with van der Waals surface area (Å²) in [6, 6.07) is 13.7. The van der Waals surface area contributed by atoms with Crippen molar-refractivity contribution >= 4 is 39.6 Å². The average Bonchev–Trinajstić information content (AvgIpc) is 3.53. The third-order valence-electron chi connectivity index (χ3n) is 5.84. The molecule has 2 aliphatic heterocycles. The number of benzene rings is 1. The van der Waals surface area contributed by atoms with E-state index in [2.05, 4.69) is 39.5 Å². The highest BCUT2D eigenvalue weighted by Crippen LogP contribution is 2.30. The van der Waals surface area contributed by atoms with Crippen molar-refractivity contribution in [2.45, 2.75) is 38.4 Å². The summed E-state index contributed by atoms with van der Waals surface area (Å²) in [5.74, 6) is -0.183. The fourth-order valence-corrected chi connectivity index (χ4v) is 6.02. The minimum absolute atomic E-state index is 0.0531. The highest BCUT2D eigenvalue weighted by Gasteiger charge is 2.35. The Balaban J connectivity index is 1.23. The average molecular weight is 453 g/mol. The van der Waals surface area contributed by atoms with Gasteiger partial charge in [0.1, 0.15) is 6.04 Å². The molecule has 1 saturated heterocycles. The number of fused-ring (bicyclic) bond motifs is 1. The second-order valence-electron chi connectivity index (χ2n) is 7.96. The summed E-state index contributed by atoms with van der Waals surface area (Å²) in [4.78, 5) is 36.4. The van der Waals surface area contributed by atoms with Crippen LogP contribution in [0.15, 0.2) is 47.8 Å². The van der Waals surface area contributed by atoms with Gasteiger partial charge in [0, 0.05) is 37.5 Å². The summed E-state index contributed by atoms with van der Waals surface area (Å²) < 4.78 is 0. The summed E-state index contributed by atoms with van der Waals surface area (Å²) in [5.41, 5.74) is 2.39. The van der Waals surface area contributed by atoms with E-state index in [1.165, 1.54) is 21.8 Å². The summed E-state index contributed by atoms with van der Waals surface area (Å²) in [6.45, 7) is 3.36. The van der Waals surface area contributed by atoms with Gasteiger partial charge in [0.15, 0.2) is 5.13 Å². The van der Waals surface area contributed by atoms with Gasteiger partial charge in [-0.25, -0.2) is 4.98 Å². The smallest absolute Gasteiger partial charge is 0.264 e. The van der Waals surface area contributed by atoms with Crippen LogP contribution in [0, 0.1) is 0 Å². The van der Waals surface area contributed by atoms with Crippen molar-refractivity contribution in [2.75, 3.05) is 18.4 Å². The number of thiophene rings is 1. The molecule has 1 N–H and O–H groups in total. The highest BCUT2D eigenvalue weighted by atomic mass is 32.1. The first-order chi connectivity index (χ1) is 15.2. The molecule has 1 fully saturated rings. The fourth-order valence-electron chi connectivity index (χ4n) is 4.29. The molecule has 0 radical (unpaired) electrons. The normalized spacial score (nSPS) is 18.7. The van der Waals surface area contributed by atoms with Gasteiger partial charge in [0.25, 0.3) is 5.91 Å². The zero-order chi connectivity index (χ0) is 21.2. The van der Waals surface area contributed by atoms with Crippen molar-refractivity contribution in [2.24, 2.45) is 0 Å². The van der Waals surface area contributed by atoms with Gasteiger partial charge in [-0.05, 0) is 29.9 Å². The molecule has 0 bridgehead atoms. The van der Waals surface area contributed by atoms with E-state index in [4.69, 9.17) is 0 Å². The molecule has 3 aromatic rings. The van der Waals surface area contributed by atoms with Crippen LogP contribution >= 0.6 is 22.7 Å². The van der Waals surface area contributed by atoms with Crippen LogP contribution in [0.3, 0.4) is 0 Å². The first-order valence-corrected chi connectivity index (χ1v) is 12.3. The summed E-state index contributed by atoms with van der Waals surface area (Å²) in [6.07, 6.45) is 2.43.